The van der Waals surface area contributed by atoms with Crippen LogP contribution in [-0.2, 0) is 0 Å². The fraction of sp³-hybridized carbons (Fsp3) is 0.625. The van der Waals surface area contributed by atoms with E-state index in [1.54, 1.807) is 6.07 Å². The summed E-state index contributed by atoms with van der Waals surface area (Å²) in [5.74, 6) is 1.00. The van der Waals surface area contributed by atoms with Gasteiger partial charge in [0, 0.05) is 17.6 Å². The van der Waals surface area contributed by atoms with Crippen molar-refractivity contribution in [1.82, 2.24) is 4.90 Å². The quantitative estimate of drug-likeness (QED) is 0.858. The summed E-state index contributed by atoms with van der Waals surface area (Å²) >= 11 is 0. The first-order chi connectivity index (χ1) is 9.19. The minimum Gasteiger partial charge on any atom is -0.508 e. The lowest BCUT2D eigenvalue weighted by molar-refractivity contribution is 0.122. The maximum Gasteiger partial charge on any atom is 0.120 e. The number of hydrogen-bond donors (Lipinski definition) is 2. The molecular formula is C16H26N2O. The Labute approximate surface area is 116 Å². The summed E-state index contributed by atoms with van der Waals surface area (Å²) in [7, 11) is 0. The molecule has 0 amide bonds. The summed E-state index contributed by atoms with van der Waals surface area (Å²) in [6.45, 7) is 6.15. The Hall–Kier alpha value is -1.06. The summed E-state index contributed by atoms with van der Waals surface area (Å²) in [5, 5.41) is 10.0. The lowest BCUT2D eigenvalue weighted by Crippen LogP contribution is -2.41. The standard InChI is InChI=1S/C16H26N2O/c1-3-18(15-9-6-7-13(15)11-17)12(2)14-8-4-5-10-16(14)19/h4-5,8,10,12-13,15,19H,3,6-7,9,11,17H2,1-2H3. The molecule has 1 aromatic rings. The normalized spacial score (nSPS) is 24.8. The van der Waals surface area contributed by atoms with E-state index in [-0.39, 0.29) is 6.04 Å². The molecule has 0 radical (unpaired) electrons. The van der Waals surface area contributed by atoms with Gasteiger partial charge in [-0.15, -0.1) is 0 Å². The fourth-order valence-corrected chi connectivity index (χ4v) is 3.54. The van der Waals surface area contributed by atoms with E-state index in [1.807, 2.05) is 18.2 Å². The smallest absolute Gasteiger partial charge is 0.120 e. The Morgan fingerprint density at radius 2 is 2.11 bits per heavy atom. The van der Waals surface area contributed by atoms with Gasteiger partial charge < -0.3 is 10.8 Å². The molecule has 3 unspecified atom stereocenters. The molecule has 1 fully saturated rings. The molecule has 0 heterocycles. The first-order valence-corrected chi connectivity index (χ1v) is 7.42. The van der Waals surface area contributed by atoms with Gasteiger partial charge in [0.1, 0.15) is 5.75 Å². The minimum absolute atomic E-state index is 0.239. The number of aromatic hydroxyl groups is 1. The van der Waals surface area contributed by atoms with Crippen LogP contribution in [0.1, 0.15) is 44.7 Å². The van der Waals surface area contributed by atoms with E-state index >= 15 is 0 Å². The van der Waals surface area contributed by atoms with Gasteiger partial charge in [0.15, 0.2) is 0 Å². The zero-order chi connectivity index (χ0) is 13.8. The molecule has 3 heteroatoms. The van der Waals surface area contributed by atoms with Crippen LogP contribution in [0, 0.1) is 5.92 Å². The summed E-state index contributed by atoms with van der Waals surface area (Å²) < 4.78 is 0. The second kappa shape index (κ2) is 6.40. The van der Waals surface area contributed by atoms with Crippen LogP contribution >= 0.6 is 0 Å². The van der Waals surface area contributed by atoms with E-state index in [9.17, 15) is 5.11 Å². The van der Waals surface area contributed by atoms with Gasteiger partial charge in [-0.1, -0.05) is 31.5 Å². The molecular weight excluding hydrogens is 236 g/mol. The molecule has 1 aromatic carbocycles. The Balaban J connectivity index is 2.19. The molecule has 2 rings (SSSR count). The van der Waals surface area contributed by atoms with Crippen LogP contribution < -0.4 is 5.73 Å². The van der Waals surface area contributed by atoms with Crippen LogP contribution in [0.3, 0.4) is 0 Å². The highest BCUT2D eigenvalue weighted by atomic mass is 16.3. The molecule has 106 valence electrons. The molecule has 3 N–H and O–H groups in total. The predicted octanol–water partition coefficient (Wildman–Crippen LogP) is 2.90. The average Bonchev–Trinajstić information content (AvgIpc) is 2.88. The number of phenolic OH excluding ortho intramolecular Hbond substituents is 1. The lowest BCUT2D eigenvalue weighted by Gasteiger charge is -2.37. The first-order valence-electron chi connectivity index (χ1n) is 7.42. The van der Waals surface area contributed by atoms with Crippen LogP contribution in [0.4, 0.5) is 0 Å². The van der Waals surface area contributed by atoms with E-state index in [0.29, 0.717) is 17.7 Å². The lowest BCUT2D eigenvalue weighted by atomic mass is 9.97. The van der Waals surface area contributed by atoms with Crippen molar-refractivity contribution in [3.63, 3.8) is 0 Å². The SMILES string of the molecule is CCN(C(C)c1ccccc1O)C1CCCC1CN. The van der Waals surface area contributed by atoms with Gasteiger partial charge >= 0.3 is 0 Å². The van der Waals surface area contributed by atoms with Crippen molar-refractivity contribution in [2.45, 2.75) is 45.2 Å². The largest absolute Gasteiger partial charge is 0.508 e. The summed E-state index contributed by atoms with van der Waals surface area (Å²) in [5.41, 5.74) is 6.93. The van der Waals surface area contributed by atoms with Crippen LogP contribution in [0.25, 0.3) is 0 Å². The number of para-hydroxylation sites is 1. The number of phenols is 1. The van der Waals surface area contributed by atoms with Crippen LogP contribution in [0.5, 0.6) is 5.75 Å². The van der Waals surface area contributed by atoms with Crippen molar-refractivity contribution in [1.29, 1.82) is 0 Å². The van der Waals surface area contributed by atoms with Gasteiger partial charge in [-0.25, -0.2) is 0 Å². The number of nitrogens with zero attached hydrogens (tertiary/aromatic N) is 1. The molecule has 1 aliphatic rings. The Morgan fingerprint density at radius 3 is 2.74 bits per heavy atom. The zero-order valence-electron chi connectivity index (χ0n) is 12.0. The fourth-order valence-electron chi connectivity index (χ4n) is 3.54. The average molecular weight is 262 g/mol. The van der Waals surface area contributed by atoms with Gasteiger partial charge in [-0.2, -0.15) is 0 Å². The van der Waals surface area contributed by atoms with E-state index in [1.165, 1.54) is 19.3 Å². The molecule has 3 nitrogen and oxygen atoms in total. The molecule has 1 saturated carbocycles. The Kier molecular flexibility index (Phi) is 4.83. The molecule has 0 aromatic heterocycles. The van der Waals surface area contributed by atoms with Gasteiger partial charge in [-0.05, 0) is 44.8 Å². The minimum atomic E-state index is 0.239. The highest BCUT2D eigenvalue weighted by Gasteiger charge is 2.33. The van der Waals surface area contributed by atoms with Gasteiger partial charge in [0.05, 0.1) is 0 Å². The van der Waals surface area contributed by atoms with E-state index in [0.717, 1.165) is 18.7 Å². The highest BCUT2D eigenvalue weighted by Crippen LogP contribution is 2.36. The third-order valence-corrected chi connectivity index (χ3v) is 4.60. The van der Waals surface area contributed by atoms with Crippen molar-refractivity contribution in [2.24, 2.45) is 11.7 Å². The van der Waals surface area contributed by atoms with Crippen molar-refractivity contribution < 1.29 is 5.11 Å². The number of rotatable bonds is 5. The third-order valence-electron chi connectivity index (χ3n) is 4.60. The third kappa shape index (κ3) is 2.93. The monoisotopic (exact) mass is 262 g/mol. The van der Waals surface area contributed by atoms with Crippen molar-refractivity contribution in [2.75, 3.05) is 13.1 Å². The number of hydrogen-bond acceptors (Lipinski definition) is 3. The van der Waals surface area contributed by atoms with Crippen LogP contribution in [-0.4, -0.2) is 29.1 Å². The molecule has 19 heavy (non-hydrogen) atoms. The molecule has 0 bridgehead atoms. The Bertz CT molecular complexity index is 407. The van der Waals surface area contributed by atoms with Crippen molar-refractivity contribution >= 4 is 0 Å². The maximum absolute atomic E-state index is 10.0. The van der Waals surface area contributed by atoms with Crippen LogP contribution in [0.15, 0.2) is 24.3 Å². The van der Waals surface area contributed by atoms with E-state index < -0.39 is 0 Å². The number of nitrogens with two attached hydrogens (primary N) is 1. The molecule has 0 aliphatic heterocycles. The Morgan fingerprint density at radius 1 is 1.37 bits per heavy atom. The van der Waals surface area contributed by atoms with E-state index in [4.69, 9.17) is 5.73 Å². The van der Waals surface area contributed by atoms with Crippen molar-refractivity contribution in [3.05, 3.63) is 29.8 Å². The van der Waals surface area contributed by atoms with Gasteiger partial charge in [-0.3, -0.25) is 4.90 Å². The topological polar surface area (TPSA) is 49.5 Å². The second-order valence-corrected chi connectivity index (χ2v) is 5.56. The summed E-state index contributed by atoms with van der Waals surface area (Å²) in [6, 6.07) is 8.46. The van der Waals surface area contributed by atoms with Gasteiger partial charge in [0.2, 0.25) is 0 Å². The molecule has 1 aliphatic carbocycles. The zero-order valence-corrected chi connectivity index (χ0v) is 12.0. The molecule has 0 spiro atoms. The predicted molar refractivity (Wildman–Crippen MR) is 79.1 cm³/mol. The van der Waals surface area contributed by atoms with E-state index in [2.05, 4.69) is 18.7 Å². The molecule has 3 atom stereocenters. The maximum atomic E-state index is 10.0. The van der Waals surface area contributed by atoms with Crippen LogP contribution in [0.2, 0.25) is 0 Å². The van der Waals surface area contributed by atoms with Crippen molar-refractivity contribution in [3.8, 4) is 5.75 Å². The summed E-state index contributed by atoms with van der Waals surface area (Å²) in [4.78, 5) is 2.50. The first kappa shape index (κ1) is 14.4. The summed E-state index contributed by atoms with van der Waals surface area (Å²) in [6.07, 6.45) is 3.75. The van der Waals surface area contributed by atoms with Gasteiger partial charge in [0.25, 0.3) is 0 Å². The highest BCUT2D eigenvalue weighted by molar-refractivity contribution is 5.34. The second-order valence-electron chi connectivity index (χ2n) is 5.56. The molecule has 0 saturated heterocycles. The number of benzene rings is 1.